The van der Waals surface area contributed by atoms with Gasteiger partial charge in [-0.2, -0.15) is 0 Å². The summed E-state index contributed by atoms with van der Waals surface area (Å²) < 4.78 is 1.09. The zero-order valence-corrected chi connectivity index (χ0v) is 21.4. The van der Waals surface area contributed by atoms with Crippen LogP contribution in [0.15, 0.2) is 77.5 Å². The Labute approximate surface area is 215 Å². The molecule has 2 fully saturated rings. The lowest BCUT2D eigenvalue weighted by Crippen LogP contribution is -2.59. The second-order valence-electron chi connectivity index (χ2n) is 9.45. The van der Waals surface area contributed by atoms with E-state index >= 15 is 0 Å². The maximum atomic E-state index is 8.23. The van der Waals surface area contributed by atoms with Crippen molar-refractivity contribution in [2.75, 3.05) is 29.4 Å². The number of anilines is 2. The molecule has 1 aliphatic carbocycles. The van der Waals surface area contributed by atoms with Gasteiger partial charge in [-0.05, 0) is 67.1 Å². The van der Waals surface area contributed by atoms with Crippen LogP contribution >= 0.6 is 15.9 Å². The van der Waals surface area contributed by atoms with Crippen LogP contribution in [0.25, 0.3) is 0 Å². The standard InChI is InChI=1S/C27H32BrN7/c28-22-10-7-20(8-11-22)18-35(26-6-2-4-14-32-26)23-12-9-21(17-23)24-19-33(15-16-34(24)27(29)30)25-5-1-3-13-31-25/h1-8,10-11,13-14,21,23-24H,9,12,15-19H2,(H3,29,30). The van der Waals surface area contributed by atoms with Crippen LogP contribution in [0.2, 0.25) is 0 Å². The van der Waals surface area contributed by atoms with Crippen LogP contribution in [0.3, 0.4) is 0 Å². The molecule has 0 radical (unpaired) electrons. The molecule has 1 saturated heterocycles. The van der Waals surface area contributed by atoms with Gasteiger partial charge in [0.05, 0.1) is 6.04 Å². The number of hydrogen-bond donors (Lipinski definition) is 2. The van der Waals surface area contributed by atoms with Gasteiger partial charge in [-0.3, -0.25) is 5.41 Å². The van der Waals surface area contributed by atoms with Crippen LogP contribution in [-0.4, -0.2) is 52.5 Å². The van der Waals surface area contributed by atoms with Gasteiger partial charge in [0.2, 0.25) is 0 Å². The van der Waals surface area contributed by atoms with Gasteiger partial charge in [0.15, 0.2) is 5.96 Å². The van der Waals surface area contributed by atoms with Crippen molar-refractivity contribution < 1.29 is 0 Å². The number of benzene rings is 1. The van der Waals surface area contributed by atoms with Crippen molar-refractivity contribution in [1.82, 2.24) is 14.9 Å². The molecule has 0 bridgehead atoms. The minimum absolute atomic E-state index is 0.176. The number of nitrogens with two attached hydrogens (primary N) is 1. The van der Waals surface area contributed by atoms with E-state index in [1.165, 1.54) is 5.56 Å². The number of rotatable bonds is 6. The van der Waals surface area contributed by atoms with E-state index in [0.717, 1.165) is 61.5 Å². The van der Waals surface area contributed by atoms with Crippen molar-refractivity contribution in [2.24, 2.45) is 11.7 Å². The summed E-state index contributed by atoms with van der Waals surface area (Å²) in [6.07, 6.45) is 6.99. The Hall–Kier alpha value is -3.13. The fourth-order valence-electron chi connectivity index (χ4n) is 5.59. The molecule has 0 amide bonds. The Morgan fingerprint density at radius 1 is 1.00 bits per heavy atom. The first-order chi connectivity index (χ1) is 17.1. The zero-order valence-electron chi connectivity index (χ0n) is 19.8. The van der Waals surface area contributed by atoms with Crippen LogP contribution < -0.4 is 15.5 Å². The average molecular weight is 535 g/mol. The lowest BCUT2D eigenvalue weighted by molar-refractivity contribution is 0.201. The molecule has 35 heavy (non-hydrogen) atoms. The summed E-state index contributed by atoms with van der Waals surface area (Å²) in [5.41, 5.74) is 7.33. The summed E-state index contributed by atoms with van der Waals surface area (Å²) >= 11 is 3.55. The molecule has 1 aliphatic heterocycles. The first-order valence-corrected chi connectivity index (χ1v) is 13.1. The highest BCUT2D eigenvalue weighted by atomic mass is 79.9. The summed E-state index contributed by atoms with van der Waals surface area (Å²) in [7, 11) is 0. The van der Waals surface area contributed by atoms with Gasteiger partial charge in [-0.1, -0.05) is 40.2 Å². The Morgan fingerprint density at radius 3 is 2.46 bits per heavy atom. The molecule has 1 aromatic carbocycles. The van der Waals surface area contributed by atoms with Crippen LogP contribution in [0.5, 0.6) is 0 Å². The first-order valence-electron chi connectivity index (χ1n) is 12.3. The molecule has 3 N–H and O–H groups in total. The summed E-state index contributed by atoms with van der Waals surface area (Å²) in [5.74, 6) is 2.64. The number of guanidine groups is 1. The summed E-state index contributed by atoms with van der Waals surface area (Å²) in [6.45, 7) is 3.24. The highest BCUT2D eigenvalue weighted by Gasteiger charge is 2.40. The average Bonchev–Trinajstić information content (AvgIpc) is 3.39. The lowest BCUT2D eigenvalue weighted by atomic mass is 9.93. The molecule has 3 atom stereocenters. The Kier molecular flexibility index (Phi) is 7.18. The highest BCUT2D eigenvalue weighted by Crippen LogP contribution is 2.37. The monoisotopic (exact) mass is 533 g/mol. The number of piperazine rings is 1. The molecule has 1 saturated carbocycles. The summed E-state index contributed by atoms with van der Waals surface area (Å²) in [6, 6.07) is 21.3. The summed E-state index contributed by atoms with van der Waals surface area (Å²) in [4.78, 5) is 16.2. The molecular weight excluding hydrogens is 502 g/mol. The third kappa shape index (κ3) is 5.42. The zero-order chi connectivity index (χ0) is 24.2. The lowest BCUT2D eigenvalue weighted by Gasteiger charge is -2.45. The van der Waals surface area contributed by atoms with Crippen molar-refractivity contribution in [3.63, 3.8) is 0 Å². The number of nitrogens with one attached hydrogen (secondary N) is 1. The predicted octanol–water partition coefficient (Wildman–Crippen LogP) is 4.50. The molecule has 2 aliphatic rings. The van der Waals surface area contributed by atoms with Gasteiger partial charge < -0.3 is 20.4 Å². The van der Waals surface area contributed by atoms with Crippen molar-refractivity contribution in [1.29, 1.82) is 5.41 Å². The van der Waals surface area contributed by atoms with Crippen molar-refractivity contribution in [3.8, 4) is 0 Å². The highest BCUT2D eigenvalue weighted by molar-refractivity contribution is 9.10. The SMILES string of the molecule is N=C(N)N1CCN(c2ccccn2)CC1C1CCC(N(Cc2ccc(Br)cc2)c2ccccn2)C1. The van der Waals surface area contributed by atoms with E-state index in [4.69, 9.17) is 16.1 Å². The van der Waals surface area contributed by atoms with Gasteiger partial charge in [-0.25, -0.2) is 9.97 Å². The number of pyridine rings is 2. The smallest absolute Gasteiger partial charge is 0.188 e. The van der Waals surface area contributed by atoms with E-state index in [0.29, 0.717) is 12.0 Å². The van der Waals surface area contributed by atoms with Crippen LogP contribution in [0.1, 0.15) is 24.8 Å². The van der Waals surface area contributed by atoms with Crippen LogP contribution in [0.4, 0.5) is 11.6 Å². The Morgan fingerprint density at radius 2 is 1.77 bits per heavy atom. The minimum Gasteiger partial charge on any atom is -0.370 e. The normalized spacial score (nSPS) is 22.3. The number of hydrogen-bond acceptors (Lipinski definition) is 5. The molecule has 0 spiro atoms. The van der Waals surface area contributed by atoms with Crippen LogP contribution in [0, 0.1) is 11.3 Å². The van der Waals surface area contributed by atoms with E-state index in [9.17, 15) is 0 Å². The Bertz CT molecular complexity index is 1110. The van der Waals surface area contributed by atoms with Gasteiger partial charge in [-0.15, -0.1) is 0 Å². The largest absolute Gasteiger partial charge is 0.370 e. The van der Waals surface area contributed by atoms with Crippen LogP contribution in [-0.2, 0) is 6.54 Å². The Balaban J connectivity index is 1.36. The molecule has 3 aromatic rings. The van der Waals surface area contributed by atoms with Crippen molar-refractivity contribution in [2.45, 2.75) is 37.9 Å². The van der Waals surface area contributed by atoms with Crippen molar-refractivity contribution >= 4 is 33.5 Å². The predicted molar refractivity (Wildman–Crippen MR) is 145 cm³/mol. The van der Waals surface area contributed by atoms with E-state index in [1.807, 2.05) is 30.6 Å². The third-order valence-corrected chi connectivity index (χ3v) is 7.87. The molecule has 7 nitrogen and oxygen atoms in total. The second kappa shape index (κ2) is 10.6. The van der Waals surface area contributed by atoms with E-state index in [1.54, 1.807) is 0 Å². The minimum atomic E-state index is 0.176. The van der Waals surface area contributed by atoms with E-state index in [2.05, 4.69) is 78.1 Å². The van der Waals surface area contributed by atoms with Crippen molar-refractivity contribution in [3.05, 3.63) is 83.1 Å². The number of nitrogens with zero attached hydrogens (tertiary/aromatic N) is 5. The molecule has 182 valence electrons. The second-order valence-corrected chi connectivity index (χ2v) is 10.4. The molecular formula is C27H32BrN7. The van der Waals surface area contributed by atoms with Gasteiger partial charge in [0, 0.05) is 49.1 Å². The van der Waals surface area contributed by atoms with E-state index < -0.39 is 0 Å². The molecule has 3 unspecified atom stereocenters. The summed E-state index contributed by atoms with van der Waals surface area (Å²) in [5, 5.41) is 8.23. The molecule has 8 heteroatoms. The van der Waals surface area contributed by atoms with E-state index in [-0.39, 0.29) is 12.0 Å². The molecule has 5 rings (SSSR count). The fourth-order valence-corrected chi connectivity index (χ4v) is 5.86. The van der Waals surface area contributed by atoms with Gasteiger partial charge >= 0.3 is 0 Å². The van der Waals surface area contributed by atoms with Gasteiger partial charge in [0.25, 0.3) is 0 Å². The quantitative estimate of drug-likeness (QED) is 0.358. The topological polar surface area (TPSA) is 85.4 Å². The maximum Gasteiger partial charge on any atom is 0.188 e. The number of aromatic nitrogens is 2. The van der Waals surface area contributed by atoms with Gasteiger partial charge in [0.1, 0.15) is 11.6 Å². The number of halogens is 1. The maximum absolute atomic E-state index is 8.23. The molecule has 3 heterocycles. The fraction of sp³-hybridized carbons (Fsp3) is 0.370. The molecule has 2 aromatic heterocycles. The first kappa shape index (κ1) is 23.6. The third-order valence-electron chi connectivity index (χ3n) is 7.34.